The van der Waals surface area contributed by atoms with E-state index in [0.29, 0.717) is 0 Å². The summed E-state index contributed by atoms with van der Waals surface area (Å²) in [6.45, 7) is 0. The number of benzene rings is 1. The fourth-order valence-electron chi connectivity index (χ4n) is 0.931. The molecule has 1 aromatic rings. The Morgan fingerprint density at radius 2 is 1.56 bits per heavy atom. The Balaban J connectivity index is 0.000000487. The molecular weight excluding hydrogens is 352 g/mol. The van der Waals surface area contributed by atoms with E-state index in [2.05, 4.69) is 9.88 Å². The summed E-state index contributed by atoms with van der Waals surface area (Å²) in [6, 6.07) is 7.46. The maximum atomic E-state index is 9.01. The molecule has 1 radical (unpaired) electrons. The van der Waals surface area contributed by atoms with Gasteiger partial charge in [-0.1, -0.05) is 23.7 Å². The van der Waals surface area contributed by atoms with Gasteiger partial charge in [0.05, 0.1) is 0 Å². The van der Waals surface area contributed by atoms with Crippen LogP contribution in [0, 0.1) is 0 Å². The van der Waals surface area contributed by atoms with Gasteiger partial charge in [0.15, 0.2) is 5.56 Å². The van der Waals surface area contributed by atoms with Gasteiger partial charge in [0, 0.05) is 19.8 Å². The zero-order chi connectivity index (χ0) is 12.7. The van der Waals surface area contributed by atoms with E-state index in [1.807, 2.05) is 43.3 Å². The van der Waals surface area contributed by atoms with Crippen LogP contribution in [0.15, 0.2) is 24.3 Å². The van der Waals surface area contributed by atoms with Crippen molar-refractivity contribution in [2.24, 2.45) is 0 Å². The molecule has 0 heterocycles. The van der Waals surface area contributed by atoms with Gasteiger partial charge in [-0.15, -0.1) is 0 Å². The number of aliphatic hydroxyl groups excluding tert-OH is 1. The summed E-state index contributed by atoms with van der Waals surface area (Å²) in [4.78, 5) is 6.25. The second-order valence-corrected chi connectivity index (χ2v) is 14.2. The minimum absolute atomic E-state index is 0.724. The summed E-state index contributed by atoms with van der Waals surface area (Å²) < 4.78 is 0. The normalized spacial score (nSPS) is 11.8. The van der Waals surface area contributed by atoms with E-state index >= 15 is 0 Å². The van der Waals surface area contributed by atoms with Crippen LogP contribution in [-0.4, -0.2) is 37.8 Å². The predicted molar refractivity (Wildman–Crippen MR) is 74.9 cm³/mol. The van der Waals surface area contributed by atoms with Crippen molar-refractivity contribution in [3.8, 4) is 0 Å². The average Bonchev–Trinajstić information content (AvgIpc) is 2.17. The van der Waals surface area contributed by atoms with E-state index in [1.165, 1.54) is 0 Å². The topological polar surface area (TPSA) is 23.5 Å². The van der Waals surface area contributed by atoms with Crippen molar-refractivity contribution < 1.29 is 5.11 Å². The van der Waals surface area contributed by atoms with Gasteiger partial charge in [0.1, 0.15) is 0 Å². The summed E-state index contributed by atoms with van der Waals surface area (Å²) in [5.74, 6) is 0. The molecule has 0 fully saturated rings. The van der Waals surface area contributed by atoms with Crippen LogP contribution < -0.4 is 4.90 Å². The fraction of sp³-hybridized carbons (Fsp3) is 0.455. The summed E-state index contributed by atoms with van der Waals surface area (Å²) >= 11 is 4.41. The van der Waals surface area contributed by atoms with Gasteiger partial charge >= 0.3 is 37.4 Å². The van der Waals surface area contributed by atoms with Gasteiger partial charge in [-0.05, 0) is 17.7 Å². The van der Waals surface area contributed by atoms with Crippen LogP contribution in [0.25, 0.3) is 0 Å². The predicted octanol–water partition coefficient (Wildman–Crippen LogP) is 3.46. The molecule has 1 aromatic carbocycles. The van der Waals surface area contributed by atoms with Crippen LogP contribution in [-0.2, 0) is 0 Å². The number of halogens is 2. The Morgan fingerprint density at radius 3 is 1.81 bits per heavy atom. The number of anilines is 1. The molecule has 0 amide bonds. The molecule has 1 N–H and O–H groups in total. The van der Waals surface area contributed by atoms with Gasteiger partial charge in [-0.25, -0.2) is 0 Å². The minimum atomic E-state index is -1.07. The SMILES string of the molecule is CN(C)c1ccc(C(O)Cl)cc1.[CH3][Sn]([CH3])[Cl]. The number of hydrogen-bond acceptors (Lipinski definition) is 2. The molecule has 0 spiro atoms. The molecule has 5 heteroatoms. The van der Waals surface area contributed by atoms with Crippen LogP contribution in [0.5, 0.6) is 0 Å². The summed E-state index contributed by atoms with van der Waals surface area (Å²) in [7, 11) is 9.40. The third kappa shape index (κ3) is 7.60. The first-order chi connectivity index (χ1) is 7.34. The zero-order valence-electron chi connectivity index (χ0n) is 10.0. The van der Waals surface area contributed by atoms with Crippen molar-refractivity contribution in [3.05, 3.63) is 29.8 Å². The molecule has 0 aliphatic heterocycles. The molecule has 91 valence electrons. The van der Waals surface area contributed by atoms with Crippen molar-refractivity contribution in [1.29, 1.82) is 0 Å². The molecule has 0 aliphatic carbocycles. The Labute approximate surface area is 114 Å². The average molecular weight is 370 g/mol. The third-order valence-corrected chi connectivity index (χ3v) is 1.94. The van der Waals surface area contributed by atoms with Crippen LogP contribution in [0.3, 0.4) is 0 Å². The fourth-order valence-corrected chi connectivity index (χ4v) is 1.08. The Bertz CT molecular complexity index is 259. The summed E-state index contributed by atoms with van der Waals surface area (Å²) in [6.07, 6.45) is 0. The Morgan fingerprint density at radius 1 is 1.19 bits per heavy atom. The van der Waals surface area contributed by atoms with E-state index in [4.69, 9.17) is 25.6 Å². The first kappa shape index (κ1) is 16.4. The summed E-state index contributed by atoms with van der Waals surface area (Å²) in [5, 5.41) is 9.01. The van der Waals surface area contributed by atoms with Crippen LogP contribution in [0.4, 0.5) is 5.69 Å². The van der Waals surface area contributed by atoms with Gasteiger partial charge in [0.2, 0.25) is 0 Å². The number of hydrogen-bond donors (Lipinski definition) is 1. The third-order valence-electron chi connectivity index (χ3n) is 1.68. The molecule has 2 nitrogen and oxygen atoms in total. The zero-order valence-corrected chi connectivity index (χ0v) is 14.4. The van der Waals surface area contributed by atoms with Crippen molar-refractivity contribution >= 4 is 44.8 Å². The Kier molecular flexibility index (Phi) is 8.64. The second kappa shape index (κ2) is 8.45. The standard InChI is InChI=1S/C9H12ClNO.2CH3.ClH.Sn/c1-11(2)8-5-3-7(4-6-8)9(10)12;;;;/h3-6,9,12H,1-2H3;2*1H3;1H;/q;;;;+1/p-1. The van der Waals surface area contributed by atoms with Crippen LogP contribution in [0.2, 0.25) is 9.88 Å². The van der Waals surface area contributed by atoms with Crippen LogP contribution in [0.1, 0.15) is 11.1 Å². The Hall–Kier alpha value is 0.359. The number of rotatable bonds is 2. The number of nitrogens with zero attached hydrogens (tertiary/aromatic N) is 1. The molecule has 1 unspecified atom stereocenters. The maximum absolute atomic E-state index is 9.01. The van der Waals surface area contributed by atoms with Gasteiger partial charge in [-0.2, -0.15) is 0 Å². The number of aliphatic hydroxyl groups is 1. The molecular formula is C11H18Cl2NOSn. The van der Waals surface area contributed by atoms with E-state index in [0.717, 1.165) is 11.3 Å². The summed E-state index contributed by atoms with van der Waals surface area (Å²) in [5.41, 5.74) is 0.916. The first-order valence-electron chi connectivity index (χ1n) is 4.89. The molecule has 1 rings (SSSR count). The molecule has 0 aromatic heterocycles. The first-order valence-corrected chi connectivity index (χ1v) is 14.7. The van der Waals surface area contributed by atoms with E-state index < -0.39 is 24.2 Å². The van der Waals surface area contributed by atoms with Gasteiger partial charge < -0.3 is 10.0 Å². The van der Waals surface area contributed by atoms with Gasteiger partial charge in [-0.3, -0.25) is 0 Å². The molecule has 0 bridgehead atoms. The molecule has 0 saturated heterocycles. The molecule has 16 heavy (non-hydrogen) atoms. The van der Waals surface area contributed by atoms with Crippen molar-refractivity contribution in [2.45, 2.75) is 15.4 Å². The van der Waals surface area contributed by atoms with Crippen molar-refractivity contribution in [3.63, 3.8) is 0 Å². The quantitative estimate of drug-likeness (QED) is 0.637. The van der Waals surface area contributed by atoms with Crippen molar-refractivity contribution in [1.82, 2.24) is 0 Å². The van der Waals surface area contributed by atoms with Crippen molar-refractivity contribution in [2.75, 3.05) is 19.0 Å². The van der Waals surface area contributed by atoms with Gasteiger partial charge in [0.25, 0.3) is 0 Å². The molecule has 1 atom stereocenters. The van der Waals surface area contributed by atoms with Crippen LogP contribution >= 0.6 is 20.5 Å². The monoisotopic (exact) mass is 370 g/mol. The van der Waals surface area contributed by atoms with E-state index in [-0.39, 0.29) is 0 Å². The van der Waals surface area contributed by atoms with E-state index in [1.54, 1.807) is 0 Å². The number of alkyl halides is 1. The molecule has 0 saturated carbocycles. The second-order valence-electron chi connectivity index (χ2n) is 3.70. The molecule has 0 aliphatic rings. The van der Waals surface area contributed by atoms with E-state index in [9.17, 15) is 0 Å².